The minimum atomic E-state index is 0.149. The summed E-state index contributed by atoms with van der Waals surface area (Å²) in [6.45, 7) is 9.09. The van der Waals surface area contributed by atoms with Crippen LogP contribution in [0.2, 0.25) is 0 Å². The molecule has 0 aromatic carbocycles. The molecule has 2 N–H and O–H groups in total. The number of hydrogen-bond acceptors (Lipinski definition) is 2. The van der Waals surface area contributed by atoms with Crippen LogP contribution >= 0.6 is 0 Å². The second-order valence-corrected chi connectivity index (χ2v) is 5.90. The van der Waals surface area contributed by atoms with E-state index in [-0.39, 0.29) is 5.91 Å². The van der Waals surface area contributed by atoms with Gasteiger partial charge in [0.2, 0.25) is 5.91 Å². The monoisotopic (exact) mass is 240 g/mol. The average Bonchev–Trinajstić information content (AvgIpc) is 2.27. The van der Waals surface area contributed by atoms with E-state index in [4.69, 9.17) is 0 Å². The van der Waals surface area contributed by atoms with Crippen molar-refractivity contribution < 1.29 is 4.79 Å². The number of rotatable bonds is 5. The van der Waals surface area contributed by atoms with Gasteiger partial charge in [-0.3, -0.25) is 4.79 Å². The van der Waals surface area contributed by atoms with Crippen LogP contribution in [0.5, 0.6) is 0 Å². The minimum Gasteiger partial charge on any atom is -0.352 e. The molecule has 0 aromatic rings. The van der Waals surface area contributed by atoms with Gasteiger partial charge in [-0.2, -0.15) is 0 Å². The van der Waals surface area contributed by atoms with Gasteiger partial charge in [0.25, 0.3) is 0 Å². The van der Waals surface area contributed by atoms with Crippen molar-refractivity contribution in [2.45, 2.75) is 65.5 Å². The van der Waals surface area contributed by atoms with Crippen molar-refractivity contribution in [2.75, 3.05) is 6.54 Å². The van der Waals surface area contributed by atoms with Crippen molar-refractivity contribution in [1.82, 2.24) is 10.6 Å². The van der Waals surface area contributed by atoms with Crippen LogP contribution in [-0.2, 0) is 4.79 Å². The summed E-state index contributed by atoms with van der Waals surface area (Å²) >= 11 is 0. The summed E-state index contributed by atoms with van der Waals surface area (Å²) in [5.41, 5.74) is 0. The maximum atomic E-state index is 11.8. The van der Waals surface area contributed by atoms with E-state index >= 15 is 0 Å². The highest BCUT2D eigenvalue weighted by Crippen LogP contribution is 2.30. The zero-order valence-corrected chi connectivity index (χ0v) is 11.8. The Labute approximate surface area is 106 Å². The van der Waals surface area contributed by atoms with Crippen molar-refractivity contribution in [2.24, 2.45) is 11.8 Å². The molecule has 0 radical (unpaired) electrons. The predicted octanol–water partition coefficient (Wildman–Crippen LogP) is 2.32. The summed E-state index contributed by atoms with van der Waals surface area (Å²) in [5, 5.41) is 6.37. The molecule has 0 aliphatic heterocycles. The van der Waals surface area contributed by atoms with E-state index in [1.165, 1.54) is 19.3 Å². The van der Waals surface area contributed by atoms with E-state index in [9.17, 15) is 4.79 Å². The Kier molecular flexibility index (Phi) is 5.96. The molecule has 3 nitrogen and oxygen atoms in total. The SMILES string of the molecule is CC(C)NCC(=O)NC1CCCCC1C(C)C. The number of amides is 1. The van der Waals surface area contributed by atoms with E-state index < -0.39 is 0 Å². The van der Waals surface area contributed by atoms with Gasteiger partial charge in [0.05, 0.1) is 6.54 Å². The second-order valence-electron chi connectivity index (χ2n) is 5.90. The first-order chi connectivity index (χ1) is 8.00. The van der Waals surface area contributed by atoms with Gasteiger partial charge >= 0.3 is 0 Å². The third-order valence-electron chi connectivity index (χ3n) is 3.69. The smallest absolute Gasteiger partial charge is 0.234 e. The van der Waals surface area contributed by atoms with Crippen molar-refractivity contribution in [3.05, 3.63) is 0 Å². The van der Waals surface area contributed by atoms with Gasteiger partial charge in [-0.15, -0.1) is 0 Å². The van der Waals surface area contributed by atoms with Gasteiger partial charge < -0.3 is 10.6 Å². The first kappa shape index (κ1) is 14.5. The molecule has 100 valence electrons. The lowest BCUT2D eigenvalue weighted by Crippen LogP contribution is -2.47. The molecule has 3 heteroatoms. The molecule has 0 saturated heterocycles. The molecule has 1 fully saturated rings. The zero-order valence-electron chi connectivity index (χ0n) is 11.8. The van der Waals surface area contributed by atoms with Gasteiger partial charge in [0.15, 0.2) is 0 Å². The molecule has 0 aromatic heterocycles. The van der Waals surface area contributed by atoms with E-state index in [0.717, 1.165) is 6.42 Å². The van der Waals surface area contributed by atoms with Crippen molar-refractivity contribution in [3.63, 3.8) is 0 Å². The first-order valence-corrected chi connectivity index (χ1v) is 7.03. The van der Waals surface area contributed by atoms with Crippen LogP contribution < -0.4 is 10.6 Å². The quantitative estimate of drug-likeness (QED) is 0.774. The maximum absolute atomic E-state index is 11.8. The fraction of sp³-hybridized carbons (Fsp3) is 0.929. The summed E-state index contributed by atoms with van der Waals surface area (Å²) in [5.74, 6) is 1.47. The molecule has 1 aliphatic rings. The standard InChI is InChI=1S/C14H28N2O/c1-10(2)12-7-5-6-8-13(12)16-14(17)9-15-11(3)4/h10-13,15H,5-9H2,1-4H3,(H,16,17). The van der Waals surface area contributed by atoms with Gasteiger partial charge in [0.1, 0.15) is 0 Å². The summed E-state index contributed by atoms with van der Waals surface area (Å²) in [4.78, 5) is 11.8. The molecule has 0 spiro atoms. The van der Waals surface area contributed by atoms with E-state index in [2.05, 4.69) is 38.3 Å². The van der Waals surface area contributed by atoms with Crippen LogP contribution in [0, 0.1) is 11.8 Å². The van der Waals surface area contributed by atoms with E-state index in [1.54, 1.807) is 0 Å². The molecule has 1 rings (SSSR count). The molecule has 0 bridgehead atoms. The molecule has 0 heterocycles. The Morgan fingerprint density at radius 3 is 2.41 bits per heavy atom. The summed E-state index contributed by atoms with van der Waals surface area (Å²) in [6.07, 6.45) is 4.99. The molecular formula is C14H28N2O. The fourth-order valence-electron chi connectivity index (χ4n) is 2.69. The van der Waals surface area contributed by atoms with Gasteiger partial charge in [0, 0.05) is 12.1 Å². The van der Waals surface area contributed by atoms with Crippen LogP contribution in [0.25, 0.3) is 0 Å². The molecule has 17 heavy (non-hydrogen) atoms. The Bertz CT molecular complexity index is 238. The van der Waals surface area contributed by atoms with Crippen molar-refractivity contribution in [3.8, 4) is 0 Å². The van der Waals surface area contributed by atoms with E-state index in [0.29, 0.717) is 30.5 Å². The fourth-order valence-corrected chi connectivity index (χ4v) is 2.69. The number of carbonyl (C=O) groups excluding carboxylic acids is 1. The third kappa shape index (κ3) is 5.07. The lowest BCUT2D eigenvalue weighted by molar-refractivity contribution is -0.121. The highest BCUT2D eigenvalue weighted by Gasteiger charge is 2.28. The second kappa shape index (κ2) is 7.00. The van der Waals surface area contributed by atoms with E-state index in [1.807, 2.05) is 0 Å². The lowest BCUT2D eigenvalue weighted by Gasteiger charge is -2.35. The van der Waals surface area contributed by atoms with Gasteiger partial charge in [-0.25, -0.2) is 0 Å². The number of carbonyl (C=O) groups is 1. The Balaban J connectivity index is 2.39. The van der Waals surface area contributed by atoms with Crippen LogP contribution in [0.1, 0.15) is 53.4 Å². The third-order valence-corrected chi connectivity index (χ3v) is 3.69. The highest BCUT2D eigenvalue weighted by atomic mass is 16.2. The summed E-state index contributed by atoms with van der Waals surface area (Å²) in [6, 6.07) is 0.762. The topological polar surface area (TPSA) is 41.1 Å². The summed E-state index contributed by atoms with van der Waals surface area (Å²) < 4.78 is 0. The minimum absolute atomic E-state index is 0.149. The largest absolute Gasteiger partial charge is 0.352 e. The van der Waals surface area contributed by atoms with Crippen LogP contribution in [0.3, 0.4) is 0 Å². The van der Waals surface area contributed by atoms with Crippen molar-refractivity contribution in [1.29, 1.82) is 0 Å². The highest BCUT2D eigenvalue weighted by molar-refractivity contribution is 5.78. The first-order valence-electron chi connectivity index (χ1n) is 7.03. The van der Waals surface area contributed by atoms with Crippen LogP contribution in [0.15, 0.2) is 0 Å². The molecular weight excluding hydrogens is 212 g/mol. The molecule has 1 saturated carbocycles. The Morgan fingerprint density at radius 1 is 1.18 bits per heavy atom. The Hall–Kier alpha value is -0.570. The predicted molar refractivity (Wildman–Crippen MR) is 71.9 cm³/mol. The average molecular weight is 240 g/mol. The lowest BCUT2D eigenvalue weighted by atomic mass is 9.78. The summed E-state index contributed by atoms with van der Waals surface area (Å²) in [7, 11) is 0. The van der Waals surface area contributed by atoms with Crippen LogP contribution in [-0.4, -0.2) is 24.5 Å². The number of nitrogens with one attached hydrogen (secondary N) is 2. The molecule has 2 unspecified atom stereocenters. The molecule has 2 atom stereocenters. The Morgan fingerprint density at radius 2 is 1.82 bits per heavy atom. The van der Waals surface area contributed by atoms with Gasteiger partial charge in [-0.1, -0.05) is 40.5 Å². The molecule has 1 aliphatic carbocycles. The normalized spacial score (nSPS) is 25.3. The van der Waals surface area contributed by atoms with Crippen molar-refractivity contribution >= 4 is 5.91 Å². The molecule has 1 amide bonds. The maximum Gasteiger partial charge on any atom is 0.234 e. The zero-order chi connectivity index (χ0) is 12.8. The van der Waals surface area contributed by atoms with Gasteiger partial charge in [-0.05, 0) is 24.7 Å². The van der Waals surface area contributed by atoms with Crippen LogP contribution in [0.4, 0.5) is 0 Å². The number of hydrogen-bond donors (Lipinski definition) is 2.